The number of carbonyl (C=O) groups is 2. The van der Waals surface area contributed by atoms with Gasteiger partial charge in [-0.3, -0.25) is 29.6 Å². The molecule has 1 saturated heterocycles. The lowest BCUT2D eigenvalue weighted by molar-refractivity contribution is -0.125. The number of benzene rings is 1. The topological polar surface area (TPSA) is 119 Å². The summed E-state index contributed by atoms with van der Waals surface area (Å²) >= 11 is 8.16. The van der Waals surface area contributed by atoms with Crippen molar-refractivity contribution in [1.29, 1.82) is 0 Å². The summed E-state index contributed by atoms with van der Waals surface area (Å²) in [6, 6.07) is 4.22. The highest BCUT2D eigenvalue weighted by Crippen LogP contribution is 2.31. The van der Waals surface area contributed by atoms with Crippen LogP contribution in [0.1, 0.15) is 5.56 Å². The van der Waals surface area contributed by atoms with Crippen molar-refractivity contribution in [2.24, 2.45) is 0 Å². The Kier molecular flexibility index (Phi) is 4.21. The van der Waals surface area contributed by atoms with Crippen molar-refractivity contribution in [3.8, 4) is 0 Å². The van der Waals surface area contributed by atoms with Crippen LogP contribution in [-0.2, 0) is 19.6 Å². The van der Waals surface area contributed by atoms with Gasteiger partial charge in [0.05, 0.1) is 4.90 Å². The molecule has 3 N–H and O–H groups in total. The van der Waals surface area contributed by atoms with Gasteiger partial charge in [0.2, 0.25) is 5.91 Å². The van der Waals surface area contributed by atoms with Crippen LogP contribution in [0.15, 0.2) is 33.3 Å². The quantitative estimate of drug-likeness (QED) is 0.549. The van der Waals surface area contributed by atoms with Gasteiger partial charge in [0.15, 0.2) is 16.6 Å². The van der Waals surface area contributed by atoms with Crippen molar-refractivity contribution in [2.45, 2.75) is 4.90 Å². The molecule has 0 aromatic heterocycles. The van der Waals surface area contributed by atoms with E-state index in [1.54, 1.807) is 0 Å². The molecular weight excluding hydrogens is 436 g/mol. The molecule has 0 saturated carbocycles. The van der Waals surface area contributed by atoms with E-state index in [0.29, 0.717) is 4.47 Å². The molecule has 2 amide bonds. The third-order valence-electron chi connectivity index (χ3n) is 3.61. The van der Waals surface area contributed by atoms with Crippen LogP contribution in [-0.4, -0.2) is 54.0 Å². The Hall–Kier alpha value is -2.18. The summed E-state index contributed by atoms with van der Waals surface area (Å²) < 4.78 is 27.2. The number of hydrazine groups is 1. The highest BCUT2D eigenvalue weighted by Gasteiger charge is 2.36. The van der Waals surface area contributed by atoms with Crippen LogP contribution in [0, 0.1) is 0 Å². The number of nitrogens with one attached hydrogen (secondary N) is 2. The first-order chi connectivity index (χ1) is 11.6. The van der Waals surface area contributed by atoms with Crippen molar-refractivity contribution >= 4 is 60.9 Å². The second-order valence-corrected chi connectivity index (χ2v) is 8.16. The van der Waals surface area contributed by atoms with Crippen LogP contribution < -0.4 is 10.1 Å². The lowest BCUT2D eigenvalue weighted by atomic mass is 10.1. The monoisotopic (exact) mass is 446 g/mol. The van der Waals surface area contributed by atoms with Crippen molar-refractivity contribution in [2.75, 3.05) is 13.6 Å². The normalized spacial score (nSPS) is 19.0. The van der Waals surface area contributed by atoms with Gasteiger partial charge in [0.25, 0.3) is 15.9 Å². The lowest BCUT2D eigenvalue weighted by Crippen LogP contribution is -2.48. The highest BCUT2D eigenvalue weighted by molar-refractivity contribution is 9.10. The van der Waals surface area contributed by atoms with Crippen molar-refractivity contribution < 1.29 is 23.1 Å². The summed E-state index contributed by atoms with van der Waals surface area (Å²) in [6.45, 7) is -0.189. The van der Waals surface area contributed by atoms with Crippen LogP contribution in [0.5, 0.6) is 0 Å². The minimum atomic E-state index is -4.05. The van der Waals surface area contributed by atoms with Gasteiger partial charge < -0.3 is 5.11 Å². The Morgan fingerprint density at radius 1 is 1.44 bits per heavy atom. The summed E-state index contributed by atoms with van der Waals surface area (Å²) in [5.74, 6) is -1.80. The number of amides is 2. The SMILES string of the molecule is CN1C(=O)CN(NC(=O)C2=C(O)c3ccc(Br)cc3S(=O)(=O)N2)C1=S. The zero-order valence-electron chi connectivity index (χ0n) is 12.6. The molecule has 2 aliphatic heterocycles. The number of aliphatic hydroxyl groups excluding tert-OH is 1. The van der Waals surface area contributed by atoms with E-state index < -0.39 is 27.4 Å². The Morgan fingerprint density at radius 2 is 2.12 bits per heavy atom. The number of halogens is 1. The van der Waals surface area contributed by atoms with Crippen molar-refractivity contribution in [1.82, 2.24) is 20.1 Å². The van der Waals surface area contributed by atoms with E-state index in [-0.39, 0.29) is 28.0 Å². The zero-order chi connectivity index (χ0) is 18.5. The molecule has 2 heterocycles. The smallest absolute Gasteiger partial charge is 0.290 e. The van der Waals surface area contributed by atoms with E-state index in [1.807, 2.05) is 4.72 Å². The maximum atomic E-state index is 12.4. The van der Waals surface area contributed by atoms with E-state index in [9.17, 15) is 23.1 Å². The molecular formula is C13H11BrN4O5S2. The largest absolute Gasteiger partial charge is 0.505 e. The molecule has 12 heteroatoms. The van der Waals surface area contributed by atoms with Crippen molar-refractivity contribution in [3.63, 3.8) is 0 Å². The Bertz CT molecular complexity index is 959. The number of hydrogen-bond acceptors (Lipinski definition) is 6. The molecule has 132 valence electrons. The average molecular weight is 447 g/mol. The predicted octanol–water partition coefficient (Wildman–Crippen LogP) is 0.0577. The van der Waals surface area contributed by atoms with Crippen LogP contribution in [0.2, 0.25) is 0 Å². The molecule has 9 nitrogen and oxygen atoms in total. The summed E-state index contributed by atoms with van der Waals surface area (Å²) in [5, 5.41) is 11.5. The van der Waals surface area contributed by atoms with Gasteiger partial charge in [0, 0.05) is 17.1 Å². The number of nitrogens with zero attached hydrogens (tertiary/aromatic N) is 2. The predicted molar refractivity (Wildman–Crippen MR) is 94.2 cm³/mol. The van der Waals surface area contributed by atoms with Crippen LogP contribution in [0.4, 0.5) is 0 Å². The van der Waals surface area contributed by atoms with E-state index in [2.05, 4.69) is 21.4 Å². The van der Waals surface area contributed by atoms with Gasteiger partial charge in [-0.1, -0.05) is 15.9 Å². The molecule has 0 radical (unpaired) electrons. The fourth-order valence-corrected chi connectivity index (χ4v) is 4.33. The van der Waals surface area contributed by atoms with Crippen LogP contribution in [0.3, 0.4) is 0 Å². The summed E-state index contributed by atoms with van der Waals surface area (Å²) in [4.78, 5) is 25.0. The number of fused-ring (bicyclic) bond motifs is 1. The molecule has 3 rings (SSSR count). The molecule has 0 unspecified atom stereocenters. The van der Waals surface area contributed by atoms with E-state index in [4.69, 9.17) is 12.2 Å². The van der Waals surface area contributed by atoms with Gasteiger partial charge in [-0.25, -0.2) is 8.42 Å². The minimum Gasteiger partial charge on any atom is -0.505 e. The van der Waals surface area contributed by atoms with Gasteiger partial charge in [-0.2, -0.15) is 0 Å². The maximum Gasteiger partial charge on any atom is 0.290 e. The second-order valence-electron chi connectivity index (χ2n) is 5.23. The first-order valence-corrected chi connectivity index (χ1v) is 9.45. The summed E-state index contributed by atoms with van der Waals surface area (Å²) in [5.41, 5.74) is 1.74. The summed E-state index contributed by atoms with van der Waals surface area (Å²) in [6.07, 6.45) is 0. The van der Waals surface area contributed by atoms with Crippen molar-refractivity contribution in [3.05, 3.63) is 33.9 Å². The first-order valence-electron chi connectivity index (χ1n) is 6.77. The second kappa shape index (κ2) is 5.97. The third-order valence-corrected chi connectivity index (χ3v) is 5.99. The third kappa shape index (κ3) is 2.96. The fourth-order valence-electron chi connectivity index (χ4n) is 2.30. The molecule has 0 spiro atoms. The first kappa shape index (κ1) is 17.6. The number of thiocarbonyl (C=S) groups is 1. The zero-order valence-corrected chi connectivity index (χ0v) is 15.8. The fraction of sp³-hybridized carbons (Fsp3) is 0.154. The minimum absolute atomic E-state index is 0.00991. The lowest BCUT2D eigenvalue weighted by Gasteiger charge is -2.24. The molecule has 2 aliphatic rings. The molecule has 25 heavy (non-hydrogen) atoms. The number of hydrogen-bond donors (Lipinski definition) is 3. The van der Waals surface area contributed by atoms with Gasteiger partial charge in [0.1, 0.15) is 6.54 Å². The number of carbonyl (C=O) groups excluding carboxylic acids is 2. The molecule has 1 fully saturated rings. The van der Waals surface area contributed by atoms with E-state index in [1.165, 1.54) is 30.1 Å². The molecule has 0 atom stereocenters. The number of aliphatic hydroxyl groups is 1. The molecule has 1 aromatic rings. The van der Waals surface area contributed by atoms with Gasteiger partial charge in [-0.05, 0) is 30.4 Å². The molecule has 0 bridgehead atoms. The number of sulfonamides is 1. The maximum absolute atomic E-state index is 12.4. The Labute approximate surface area is 156 Å². The Balaban J connectivity index is 1.96. The van der Waals surface area contributed by atoms with Crippen LogP contribution >= 0.6 is 28.1 Å². The van der Waals surface area contributed by atoms with E-state index in [0.717, 1.165) is 5.01 Å². The molecule has 0 aliphatic carbocycles. The number of likely N-dealkylation sites (N-methyl/N-ethyl adjacent to an activating group) is 1. The van der Waals surface area contributed by atoms with Gasteiger partial charge in [-0.15, -0.1) is 0 Å². The highest BCUT2D eigenvalue weighted by atomic mass is 79.9. The average Bonchev–Trinajstić information content (AvgIpc) is 2.78. The molecule has 1 aromatic carbocycles. The van der Waals surface area contributed by atoms with Gasteiger partial charge >= 0.3 is 0 Å². The standard InChI is InChI=1S/C13H11BrN4O5S2/c1-17-9(19)5-18(13(17)24)15-12(21)10-11(20)7-3-2-6(14)4-8(7)25(22,23)16-10/h2-4,16,20H,5H2,1H3,(H,15,21). The number of rotatable bonds is 2. The van der Waals surface area contributed by atoms with Crippen LogP contribution in [0.25, 0.3) is 5.76 Å². The summed E-state index contributed by atoms with van der Waals surface area (Å²) in [7, 11) is -2.60. The van der Waals surface area contributed by atoms with E-state index >= 15 is 0 Å². The Morgan fingerprint density at radius 3 is 2.72 bits per heavy atom.